The molecule has 1 amide bonds. The van der Waals surface area contributed by atoms with Crippen LogP contribution < -0.4 is 11.1 Å². The Kier molecular flexibility index (Phi) is 3.56. The highest BCUT2D eigenvalue weighted by atomic mass is 19.1. The predicted octanol–water partition coefficient (Wildman–Crippen LogP) is 1.96. The van der Waals surface area contributed by atoms with E-state index in [0.717, 1.165) is 18.2 Å². The van der Waals surface area contributed by atoms with Gasteiger partial charge in [0.15, 0.2) is 0 Å². The molecule has 2 rings (SSSR count). The molecule has 0 bridgehead atoms. The Hall–Kier alpha value is -3.03. The van der Waals surface area contributed by atoms with Crippen LogP contribution in [0.5, 0.6) is 0 Å². The first-order valence-electron chi connectivity index (χ1n) is 5.43. The molecule has 2 aromatic rings. The molecular weight excluding hydrogens is 267 g/mol. The summed E-state index contributed by atoms with van der Waals surface area (Å²) in [5.41, 5.74) is 5.41. The van der Waals surface area contributed by atoms with Crippen LogP contribution in [0.15, 0.2) is 36.5 Å². The maximum absolute atomic E-state index is 13.2. The van der Waals surface area contributed by atoms with Crippen molar-refractivity contribution in [2.75, 3.05) is 11.1 Å². The van der Waals surface area contributed by atoms with Crippen LogP contribution in [0.25, 0.3) is 0 Å². The van der Waals surface area contributed by atoms with Crippen molar-refractivity contribution in [2.45, 2.75) is 0 Å². The molecule has 0 atom stereocenters. The molecule has 7 nitrogen and oxygen atoms in total. The van der Waals surface area contributed by atoms with E-state index in [1.165, 1.54) is 18.3 Å². The summed E-state index contributed by atoms with van der Waals surface area (Å²) in [6.07, 6.45) is 1.29. The van der Waals surface area contributed by atoms with Gasteiger partial charge in [-0.3, -0.25) is 14.9 Å². The van der Waals surface area contributed by atoms with Crippen molar-refractivity contribution in [3.63, 3.8) is 0 Å². The molecule has 3 N–H and O–H groups in total. The lowest BCUT2D eigenvalue weighted by Crippen LogP contribution is -2.14. The monoisotopic (exact) mass is 276 g/mol. The van der Waals surface area contributed by atoms with Crippen molar-refractivity contribution in [2.24, 2.45) is 0 Å². The van der Waals surface area contributed by atoms with Crippen LogP contribution >= 0.6 is 0 Å². The summed E-state index contributed by atoms with van der Waals surface area (Å²) in [6, 6.07) is 5.66. The van der Waals surface area contributed by atoms with Gasteiger partial charge in [-0.15, -0.1) is 0 Å². The fourth-order valence-electron chi connectivity index (χ4n) is 1.49. The lowest BCUT2D eigenvalue weighted by molar-refractivity contribution is -0.385. The van der Waals surface area contributed by atoms with Gasteiger partial charge in [0.2, 0.25) is 0 Å². The van der Waals surface area contributed by atoms with Gasteiger partial charge in [0.25, 0.3) is 11.6 Å². The summed E-state index contributed by atoms with van der Waals surface area (Å²) in [7, 11) is 0. The number of benzene rings is 1. The molecule has 102 valence electrons. The molecule has 0 aliphatic carbocycles. The second kappa shape index (κ2) is 5.31. The number of nitro groups is 1. The van der Waals surface area contributed by atoms with Gasteiger partial charge < -0.3 is 11.1 Å². The zero-order valence-corrected chi connectivity index (χ0v) is 10.0. The Morgan fingerprint density at radius 1 is 1.35 bits per heavy atom. The topological polar surface area (TPSA) is 111 Å². The summed E-state index contributed by atoms with van der Waals surface area (Å²) in [4.78, 5) is 25.4. The molecule has 1 aromatic carbocycles. The quantitative estimate of drug-likeness (QED) is 0.657. The van der Waals surface area contributed by atoms with Crippen molar-refractivity contribution in [3.8, 4) is 0 Å². The number of nitrogen functional groups attached to an aromatic ring is 1. The van der Waals surface area contributed by atoms with Crippen LogP contribution in [-0.4, -0.2) is 15.8 Å². The standard InChI is InChI=1S/C12H9FN4O3/c13-7-3-9(5-10(4-7)17(19)20)16-12(18)11-2-1-8(14)6-15-11/h1-6H,14H2,(H,16,18). The van der Waals surface area contributed by atoms with Crippen molar-refractivity contribution in [1.82, 2.24) is 4.98 Å². The van der Waals surface area contributed by atoms with E-state index in [4.69, 9.17) is 5.73 Å². The molecule has 0 saturated carbocycles. The normalized spacial score (nSPS) is 10.1. The van der Waals surface area contributed by atoms with Crippen molar-refractivity contribution < 1.29 is 14.1 Å². The number of hydrogen-bond donors (Lipinski definition) is 2. The maximum atomic E-state index is 13.2. The lowest BCUT2D eigenvalue weighted by Gasteiger charge is -2.05. The number of non-ortho nitro benzene ring substituents is 1. The van der Waals surface area contributed by atoms with E-state index in [1.54, 1.807) is 0 Å². The summed E-state index contributed by atoms with van der Waals surface area (Å²) in [5.74, 6) is -1.44. The van der Waals surface area contributed by atoms with E-state index in [9.17, 15) is 19.3 Å². The van der Waals surface area contributed by atoms with Crippen LogP contribution in [0.2, 0.25) is 0 Å². The Morgan fingerprint density at radius 3 is 2.70 bits per heavy atom. The number of anilines is 2. The van der Waals surface area contributed by atoms with Gasteiger partial charge in [0.1, 0.15) is 11.5 Å². The third kappa shape index (κ3) is 3.05. The van der Waals surface area contributed by atoms with Crippen LogP contribution in [0.3, 0.4) is 0 Å². The highest BCUT2D eigenvalue weighted by Crippen LogP contribution is 2.20. The van der Waals surface area contributed by atoms with E-state index >= 15 is 0 Å². The number of carbonyl (C=O) groups is 1. The van der Waals surface area contributed by atoms with Gasteiger partial charge >= 0.3 is 0 Å². The fourth-order valence-corrected chi connectivity index (χ4v) is 1.49. The van der Waals surface area contributed by atoms with Crippen molar-refractivity contribution in [1.29, 1.82) is 0 Å². The number of rotatable bonds is 3. The average molecular weight is 276 g/mol. The molecule has 20 heavy (non-hydrogen) atoms. The zero-order chi connectivity index (χ0) is 14.7. The van der Waals surface area contributed by atoms with Crippen molar-refractivity contribution >= 4 is 23.0 Å². The number of aromatic nitrogens is 1. The van der Waals surface area contributed by atoms with E-state index in [0.29, 0.717) is 5.69 Å². The Bertz CT molecular complexity index is 673. The van der Waals surface area contributed by atoms with E-state index in [-0.39, 0.29) is 11.4 Å². The highest BCUT2D eigenvalue weighted by Gasteiger charge is 2.13. The van der Waals surface area contributed by atoms with Gasteiger partial charge in [-0.2, -0.15) is 0 Å². The smallest absolute Gasteiger partial charge is 0.274 e. The molecule has 0 spiro atoms. The number of nitrogens with zero attached hydrogens (tertiary/aromatic N) is 2. The van der Waals surface area contributed by atoms with Crippen LogP contribution in [0.1, 0.15) is 10.5 Å². The number of carbonyl (C=O) groups excluding carboxylic acids is 1. The highest BCUT2D eigenvalue weighted by molar-refractivity contribution is 6.03. The Morgan fingerprint density at radius 2 is 2.10 bits per heavy atom. The van der Waals surface area contributed by atoms with Gasteiger partial charge in [0, 0.05) is 6.07 Å². The molecule has 0 unspecified atom stereocenters. The molecule has 8 heteroatoms. The molecule has 0 fully saturated rings. The number of nitro benzene ring substituents is 1. The van der Waals surface area contributed by atoms with E-state index < -0.39 is 22.3 Å². The molecule has 1 aromatic heterocycles. The zero-order valence-electron chi connectivity index (χ0n) is 10.0. The molecule has 0 saturated heterocycles. The third-order valence-corrected chi connectivity index (χ3v) is 2.37. The molecule has 0 aliphatic rings. The first-order valence-corrected chi connectivity index (χ1v) is 5.43. The largest absolute Gasteiger partial charge is 0.397 e. The second-order valence-corrected chi connectivity index (χ2v) is 3.89. The summed E-state index contributed by atoms with van der Waals surface area (Å²) in [5, 5.41) is 12.9. The minimum Gasteiger partial charge on any atom is -0.397 e. The van der Waals surface area contributed by atoms with Crippen LogP contribution in [0, 0.1) is 15.9 Å². The van der Waals surface area contributed by atoms with E-state index in [2.05, 4.69) is 10.3 Å². The van der Waals surface area contributed by atoms with Crippen molar-refractivity contribution in [3.05, 3.63) is 58.2 Å². The number of pyridine rings is 1. The fraction of sp³-hybridized carbons (Fsp3) is 0. The minimum atomic E-state index is -0.820. The molecule has 1 heterocycles. The van der Waals surface area contributed by atoms with Gasteiger partial charge in [0.05, 0.1) is 28.6 Å². The van der Waals surface area contributed by atoms with Gasteiger partial charge in [-0.05, 0) is 18.2 Å². The van der Waals surface area contributed by atoms with Crippen LogP contribution in [-0.2, 0) is 0 Å². The SMILES string of the molecule is Nc1ccc(C(=O)Nc2cc(F)cc([N+](=O)[O-])c2)nc1. The third-order valence-electron chi connectivity index (χ3n) is 2.37. The molecule has 0 radical (unpaired) electrons. The predicted molar refractivity (Wildman–Crippen MR) is 69.7 cm³/mol. The minimum absolute atomic E-state index is 0.0275. The molecular formula is C12H9FN4O3. The number of nitrogens with one attached hydrogen (secondary N) is 1. The lowest BCUT2D eigenvalue weighted by atomic mass is 10.2. The Balaban J connectivity index is 2.23. The molecule has 0 aliphatic heterocycles. The second-order valence-electron chi connectivity index (χ2n) is 3.89. The van der Waals surface area contributed by atoms with Gasteiger partial charge in [-0.25, -0.2) is 9.37 Å². The number of amides is 1. The average Bonchev–Trinajstić information content (AvgIpc) is 2.38. The number of halogens is 1. The number of hydrogen-bond acceptors (Lipinski definition) is 5. The maximum Gasteiger partial charge on any atom is 0.274 e. The summed E-state index contributed by atoms with van der Waals surface area (Å²) in [6.45, 7) is 0. The van der Waals surface area contributed by atoms with E-state index in [1.807, 2.05) is 0 Å². The summed E-state index contributed by atoms with van der Waals surface area (Å²) < 4.78 is 13.2. The van der Waals surface area contributed by atoms with Gasteiger partial charge in [-0.1, -0.05) is 0 Å². The van der Waals surface area contributed by atoms with Crippen LogP contribution in [0.4, 0.5) is 21.5 Å². The first kappa shape index (κ1) is 13.4. The summed E-state index contributed by atoms with van der Waals surface area (Å²) >= 11 is 0. The number of nitrogens with two attached hydrogens (primary N) is 1. The Labute approximate surface area is 112 Å². The first-order chi connectivity index (χ1) is 9.45.